The van der Waals surface area contributed by atoms with Crippen LogP contribution in [-0.4, -0.2) is 5.78 Å². The molecule has 0 atom stereocenters. The molecule has 0 unspecified atom stereocenters. The number of hydrogen-bond acceptors (Lipinski definition) is 1. The Morgan fingerprint density at radius 1 is 0.667 bits per heavy atom. The Morgan fingerprint density at radius 3 is 2.00 bits per heavy atom. The zero-order chi connectivity index (χ0) is 10.8. The van der Waals surface area contributed by atoms with Crippen LogP contribution in [0.2, 0.25) is 0 Å². The van der Waals surface area contributed by atoms with Crippen molar-refractivity contribution in [2.75, 3.05) is 0 Å². The zero-order valence-electron chi connectivity index (χ0n) is 9.84. The monoisotopic (exact) mass is 208 g/mol. The number of ketones is 1. The average Bonchev–Trinajstić information content (AvgIpc) is 2.24. The second-order valence-electron chi connectivity index (χ2n) is 4.56. The highest BCUT2D eigenvalue weighted by molar-refractivity contribution is 5.78. The Hall–Kier alpha value is -0.590. The third-order valence-electron chi connectivity index (χ3n) is 3.07. The summed E-state index contributed by atoms with van der Waals surface area (Å²) in [6.07, 6.45) is 17.3. The predicted octanol–water partition coefficient (Wildman–Crippen LogP) is 4.42. The van der Waals surface area contributed by atoms with Gasteiger partial charge in [0.15, 0.2) is 0 Å². The lowest BCUT2D eigenvalue weighted by atomic mass is 10.0. The first-order chi connectivity index (χ1) is 7.39. The SMILES string of the molecule is O=C1CCC/C=C\CCCCCCCC1. The largest absolute Gasteiger partial charge is 0.300 e. The van der Waals surface area contributed by atoms with Gasteiger partial charge in [-0.15, -0.1) is 0 Å². The molecule has 0 spiro atoms. The van der Waals surface area contributed by atoms with E-state index in [2.05, 4.69) is 12.2 Å². The molecule has 0 amide bonds. The summed E-state index contributed by atoms with van der Waals surface area (Å²) < 4.78 is 0. The van der Waals surface area contributed by atoms with Gasteiger partial charge >= 0.3 is 0 Å². The Balaban J connectivity index is 2.21. The minimum Gasteiger partial charge on any atom is -0.300 e. The molecule has 0 heterocycles. The van der Waals surface area contributed by atoms with Crippen LogP contribution in [-0.2, 0) is 4.79 Å². The molecule has 0 aliphatic heterocycles. The second-order valence-corrected chi connectivity index (χ2v) is 4.56. The summed E-state index contributed by atoms with van der Waals surface area (Å²) in [7, 11) is 0. The van der Waals surface area contributed by atoms with Gasteiger partial charge in [-0.25, -0.2) is 0 Å². The first-order valence-electron chi connectivity index (χ1n) is 6.56. The molecule has 0 aromatic carbocycles. The maximum absolute atomic E-state index is 11.4. The molecule has 0 aromatic rings. The topological polar surface area (TPSA) is 17.1 Å². The smallest absolute Gasteiger partial charge is 0.132 e. The summed E-state index contributed by atoms with van der Waals surface area (Å²) in [4.78, 5) is 11.4. The van der Waals surface area contributed by atoms with Crippen LogP contribution in [0.3, 0.4) is 0 Å². The molecule has 15 heavy (non-hydrogen) atoms. The highest BCUT2D eigenvalue weighted by atomic mass is 16.1. The van der Waals surface area contributed by atoms with Crippen molar-refractivity contribution in [3.63, 3.8) is 0 Å². The Kier molecular flexibility index (Phi) is 7.24. The molecule has 0 N–H and O–H groups in total. The molecule has 86 valence electrons. The standard InChI is InChI=1S/C14H24O/c15-14-12-10-8-6-4-2-1-3-5-7-9-11-13-14/h4,6H,1-3,5,7-13H2/b6-4-. The fourth-order valence-electron chi connectivity index (χ4n) is 2.07. The van der Waals surface area contributed by atoms with Crippen molar-refractivity contribution in [1.82, 2.24) is 0 Å². The minimum absolute atomic E-state index is 0.473. The fraction of sp³-hybridized carbons (Fsp3) is 0.786. The summed E-state index contributed by atoms with van der Waals surface area (Å²) in [5, 5.41) is 0. The number of Topliss-reactive ketones (excluding diaryl/α,β-unsaturated/α-hetero) is 1. The second kappa shape index (κ2) is 8.70. The van der Waals surface area contributed by atoms with Crippen LogP contribution in [0, 0.1) is 0 Å². The summed E-state index contributed by atoms with van der Waals surface area (Å²) in [6, 6.07) is 0. The van der Waals surface area contributed by atoms with Gasteiger partial charge in [0.05, 0.1) is 0 Å². The summed E-state index contributed by atoms with van der Waals surface area (Å²) in [6.45, 7) is 0. The van der Waals surface area contributed by atoms with E-state index in [0.29, 0.717) is 5.78 Å². The molecule has 0 aromatic heterocycles. The molecule has 0 fully saturated rings. The average molecular weight is 208 g/mol. The molecule has 1 nitrogen and oxygen atoms in total. The fourth-order valence-corrected chi connectivity index (χ4v) is 2.07. The molecule has 0 saturated carbocycles. The molecule has 0 radical (unpaired) electrons. The Morgan fingerprint density at radius 2 is 1.20 bits per heavy atom. The van der Waals surface area contributed by atoms with Gasteiger partial charge < -0.3 is 0 Å². The predicted molar refractivity (Wildman–Crippen MR) is 64.9 cm³/mol. The van der Waals surface area contributed by atoms with Crippen LogP contribution < -0.4 is 0 Å². The molecule has 0 saturated heterocycles. The van der Waals surface area contributed by atoms with Crippen molar-refractivity contribution in [3.05, 3.63) is 12.2 Å². The van der Waals surface area contributed by atoms with Crippen LogP contribution in [0.25, 0.3) is 0 Å². The van der Waals surface area contributed by atoms with E-state index >= 15 is 0 Å². The quantitative estimate of drug-likeness (QED) is 0.539. The van der Waals surface area contributed by atoms with Crippen molar-refractivity contribution in [2.24, 2.45) is 0 Å². The minimum atomic E-state index is 0.473. The van der Waals surface area contributed by atoms with Crippen molar-refractivity contribution < 1.29 is 4.79 Å². The van der Waals surface area contributed by atoms with Gasteiger partial charge in [0, 0.05) is 12.8 Å². The maximum atomic E-state index is 11.4. The molecule has 1 aliphatic rings. The molecule has 1 rings (SSSR count). The molecule has 1 aliphatic carbocycles. The lowest BCUT2D eigenvalue weighted by molar-refractivity contribution is -0.119. The molecule has 0 bridgehead atoms. The van der Waals surface area contributed by atoms with Crippen molar-refractivity contribution >= 4 is 5.78 Å². The first kappa shape index (κ1) is 12.5. The Bertz CT molecular complexity index is 194. The van der Waals surface area contributed by atoms with Crippen LogP contribution in [0.1, 0.15) is 70.6 Å². The van der Waals surface area contributed by atoms with Crippen LogP contribution in [0.4, 0.5) is 0 Å². The maximum Gasteiger partial charge on any atom is 0.132 e. The highest BCUT2D eigenvalue weighted by Crippen LogP contribution is 2.12. The van der Waals surface area contributed by atoms with Gasteiger partial charge in [0.2, 0.25) is 0 Å². The summed E-state index contributed by atoms with van der Waals surface area (Å²) in [5.74, 6) is 0.473. The molecular weight excluding hydrogens is 184 g/mol. The number of rotatable bonds is 0. The van der Waals surface area contributed by atoms with E-state index < -0.39 is 0 Å². The molecular formula is C14H24O. The number of allylic oxidation sites excluding steroid dienone is 2. The third-order valence-corrected chi connectivity index (χ3v) is 3.07. The van der Waals surface area contributed by atoms with Crippen molar-refractivity contribution in [3.8, 4) is 0 Å². The number of carbonyl (C=O) groups excluding carboxylic acids is 1. The first-order valence-corrected chi connectivity index (χ1v) is 6.56. The van der Waals surface area contributed by atoms with E-state index in [4.69, 9.17) is 0 Å². The van der Waals surface area contributed by atoms with E-state index in [1.165, 1.54) is 38.5 Å². The molecule has 1 heteroatoms. The van der Waals surface area contributed by atoms with Crippen LogP contribution in [0.15, 0.2) is 12.2 Å². The zero-order valence-corrected chi connectivity index (χ0v) is 9.84. The van der Waals surface area contributed by atoms with Crippen LogP contribution in [0.5, 0.6) is 0 Å². The van der Waals surface area contributed by atoms with Gasteiger partial charge in [0.1, 0.15) is 5.78 Å². The lowest BCUT2D eigenvalue weighted by Crippen LogP contribution is -1.97. The van der Waals surface area contributed by atoms with Crippen molar-refractivity contribution in [1.29, 1.82) is 0 Å². The summed E-state index contributed by atoms with van der Waals surface area (Å²) >= 11 is 0. The van der Waals surface area contributed by atoms with E-state index in [9.17, 15) is 4.79 Å². The van der Waals surface area contributed by atoms with Gasteiger partial charge in [-0.1, -0.05) is 37.8 Å². The van der Waals surface area contributed by atoms with Gasteiger partial charge in [0.25, 0.3) is 0 Å². The number of carbonyl (C=O) groups is 1. The van der Waals surface area contributed by atoms with Crippen molar-refractivity contribution in [2.45, 2.75) is 70.6 Å². The number of hydrogen-bond donors (Lipinski definition) is 0. The Labute approximate surface area is 93.9 Å². The van der Waals surface area contributed by atoms with E-state index in [-0.39, 0.29) is 0 Å². The normalized spacial score (nSPS) is 24.4. The summed E-state index contributed by atoms with van der Waals surface area (Å²) in [5.41, 5.74) is 0. The van der Waals surface area contributed by atoms with Gasteiger partial charge in [-0.05, 0) is 32.1 Å². The van der Waals surface area contributed by atoms with E-state index in [1.807, 2.05) is 0 Å². The third kappa shape index (κ3) is 7.35. The van der Waals surface area contributed by atoms with E-state index in [1.54, 1.807) is 0 Å². The van der Waals surface area contributed by atoms with Gasteiger partial charge in [-0.3, -0.25) is 4.79 Å². The lowest BCUT2D eigenvalue weighted by Gasteiger charge is -2.02. The highest BCUT2D eigenvalue weighted by Gasteiger charge is 2.01. The van der Waals surface area contributed by atoms with Gasteiger partial charge in [-0.2, -0.15) is 0 Å². The van der Waals surface area contributed by atoms with E-state index in [0.717, 1.165) is 32.1 Å². The van der Waals surface area contributed by atoms with Crippen LogP contribution >= 0.6 is 0 Å².